The van der Waals surface area contributed by atoms with Crippen molar-refractivity contribution in [2.45, 2.75) is 19.8 Å². The molecular weight excluding hydrogens is 274 g/mol. The summed E-state index contributed by atoms with van der Waals surface area (Å²) in [6.45, 7) is 2.07. The Morgan fingerprint density at radius 3 is 2.18 bits per heavy atom. The quantitative estimate of drug-likeness (QED) is 0.621. The first-order valence-electron chi connectivity index (χ1n) is 8.36. The second-order valence-corrected chi connectivity index (χ2v) is 7.15. The van der Waals surface area contributed by atoms with Crippen molar-refractivity contribution in [1.29, 1.82) is 0 Å². The summed E-state index contributed by atoms with van der Waals surface area (Å²) < 4.78 is 0. The third-order valence-corrected chi connectivity index (χ3v) is 6.28. The Morgan fingerprint density at radius 1 is 1.00 bits per heavy atom. The summed E-state index contributed by atoms with van der Waals surface area (Å²) in [5, 5.41) is 0. The second kappa shape index (κ2) is 4.09. The average molecular weight is 293 g/mol. The molecule has 22 heavy (non-hydrogen) atoms. The van der Waals surface area contributed by atoms with Crippen molar-refractivity contribution in [3.05, 3.63) is 42.0 Å². The van der Waals surface area contributed by atoms with E-state index in [-0.39, 0.29) is 23.7 Å². The van der Waals surface area contributed by atoms with Crippen molar-refractivity contribution in [2.24, 2.45) is 35.5 Å². The predicted octanol–water partition coefficient (Wildman–Crippen LogP) is 2.81. The Hall–Kier alpha value is -1.90. The number of nitrogens with zero attached hydrogens (tertiary/aromatic N) is 1. The van der Waals surface area contributed by atoms with Crippen LogP contribution >= 0.6 is 0 Å². The zero-order valence-corrected chi connectivity index (χ0v) is 12.6. The van der Waals surface area contributed by atoms with Gasteiger partial charge in [0.25, 0.3) is 0 Å². The minimum absolute atomic E-state index is 0.0422. The van der Waals surface area contributed by atoms with Gasteiger partial charge in [0.15, 0.2) is 0 Å². The van der Waals surface area contributed by atoms with Crippen LogP contribution < -0.4 is 4.90 Å². The molecule has 0 radical (unpaired) electrons. The van der Waals surface area contributed by atoms with Gasteiger partial charge in [0.2, 0.25) is 11.8 Å². The third kappa shape index (κ3) is 1.37. The molecule has 2 saturated carbocycles. The molecule has 4 aliphatic carbocycles. The van der Waals surface area contributed by atoms with Crippen LogP contribution in [0.25, 0.3) is 0 Å². The molecule has 0 aromatic heterocycles. The number of carbonyl (C=O) groups is 2. The van der Waals surface area contributed by atoms with Crippen LogP contribution in [0.5, 0.6) is 0 Å². The van der Waals surface area contributed by atoms with E-state index in [1.807, 2.05) is 24.3 Å². The van der Waals surface area contributed by atoms with Gasteiger partial charge in [-0.1, -0.05) is 37.3 Å². The maximum absolute atomic E-state index is 13.0. The van der Waals surface area contributed by atoms with Gasteiger partial charge in [-0.3, -0.25) is 9.59 Å². The highest BCUT2D eigenvalue weighted by atomic mass is 16.2. The molecular formula is C19H19NO2. The maximum Gasteiger partial charge on any atom is 0.238 e. The number of anilines is 1. The highest BCUT2D eigenvalue weighted by molar-refractivity contribution is 6.23. The van der Waals surface area contributed by atoms with Gasteiger partial charge in [0, 0.05) is 0 Å². The molecule has 3 fully saturated rings. The van der Waals surface area contributed by atoms with Gasteiger partial charge in [-0.25, -0.2) is 4.90 Å². The summed E-state index contributed by atoms with van der Waals surface area (Å²) in [5.41, 5.74) is 1.88. The van der Waals surface area contributed by atoms with Gasteiger partial charge < -0.3 is 0 Å². The summed E-state index contributed by atoms with van der Waals surface area (Å²) in [6.07, 6.45) is 6.49. The number of hydrogen-bond acceptors (Lipinski definition) is 2. The van der Waals surface area contributed by atoms with Crippen LogP contribution in [0, 0.1) is 35.5 Å². The summed E-state index contributed by atoms with van der Waals surface area (Å²) in [6, 6.07) is 7.83. The van der Waals surface area contributed by atoms with Gasteiger partial charge in [0.1, 0.15) is 0 Å². The fourth-order valence-corrected chi connectivity index (χ4v) is 5.22. The second-order valence-electron chi connectivity index (χ2n) is 7.15. The van der Waals surface area contributed by atoms with Crippen molar-refractivity contribution in [1.82, 2.24) is 0 Å². The Labute approximate surface area is 130 Å². The normalized spacial score (nSPS) is 40.9. The number of para-hydroxylation sites is 1. The summed E-state index contributed by atoms with van der Waals surface area (Å²) in [5.74, 6) is 1.81. The molecule has 2 amide bonds. The SMILES string of the molecule is CCc1ccccc1N1C(=O)[C@@H]2[C@H]3C=C[C@@H]([C@@H]4C[C@@H]34)[C@H]2C1=O. The van der Waals surface area contributed by atoms with E-state index in [1.165, 1.54) is 11.3 Å². The molecule has 1 aromatic carbocycles. The number of hydrogen-bond donors (Lipinski definition) is 0. The molecule has 6 atom stereocenters. The molecule has 0 spiro atoms. The standard InChI is InChI=1S/C19H19NO2/c1-2-10-5-3-4-6-15(10)20-18(21)16-11-7-8-12(14-9-13(11)14)17(16)19(20)22/h3-8,11-14,16-17H,2,9H2,1H3/t11-,12-,13-,14-,16+,17+/m0/s1. The maximum atomic E-state index is 13.0. The van der Waals surface area contributed by atoms with E-state index in [2.05, 4.69) is 19.1 Å². The lowest BCUT2D eigenvalue weighted by atomic mass is 9.63. The van der Waals surface area contributed by atoms with Gasteiger partial charge in [-0.05, 0) is 48.1 Å². The Kier molecular flexibility index (Phi) is 2.35. The summed E-state index contributed by atoms with van der Waals surface area (Å²) >= 11 is 0. The van der Waals surface area contributed by atoms with Gasteiger partial charge in [0.05, 0.1) is 17.5 Å². The molecule has 6 rings (SSSR count). The average Bonchev–Trinajstić information content (AvgIpc) is 3.32. The summed E-state index contributed by atoms with van der Waals surface area (Å²) in [4.78, 5) is 27.6. The molecule has 0 N–H and O–H groups in total. The van der Waals surface area contributed by atoms with Crippen LogP contribution in [0.1, 0.15) is 18.9 Å². The molecule has 1 aromatic rings. The lowest BCUT2D eigenvalue weighted by Crippen LogP contribution is -2.40. The van der Waals surface area contributed by atoms with E-state index in [4.69, 9.17) is 0 Å². The van der Waals surface area contributed by atoms with E-state index in [0.29, 0.717) is 23.7 Å². The summed E-state index contributed by atoms with van der Waals surface area (Å²) in [7, 11) is 0. The highest BCUT2D eigenvalue weighted by Crippen LogP contribution is 2.65. The number of aryl methyl sites for hydroxylation is 1. The van der Waals surface area contributed by atoms with Gasteiger partial charge in [-0.2, -0.15) is 0 Å². The Morgan fingerprint density at radius 2 is 1.59 bits per heavy atom. The first-order valence-corrected chi connectivity index (χ1v) is 8.36. The zero-order chi connectivity index (χ0) is 15.0. The van der Waals surface area contributed by atoms with E-state index >= 15 is 0 Å². The van der Waals surface area contributed by atoms with E-state index in [0.717, 1.165) is 17.7 Å². The fourth-order valence-electron chi connectivity index (χ4n) is 5.22. The van der Waals surface area contributed by atoms with Gasteiger partial charge >= 0.3 is 0 Å². The number of benzene rings is 1. The largest absolute Gasteiger partial charge is 0.274 e. The van der Waals surface area contributed by atoms with Crippen molar-refractivity contribution >= 4 is 17.5 Å². The number of rotatable bonds is 2. The monoisotopic (exact) mass is 293 g/mol. The molecule has 1 heterocycles. The van der Waals surface area contributed by atoms with E-state index < -0.39 is 0 Å². The number of carbonyl (C=O) groups excluding carboxylic acids is 2. The zero-order valence-electron chi connectivity index (χ0n) is 12.6. The molecule has 3 heteroatoms. The van der Waals surface area contributed by atoms with Crippen LogP contribution in [0.3, 0.4) is 0 Å². The van der Waals surface area contributed by atoms with Crippen molar-refractivity contribution in [2.75, 3.05) is 4.90 Å². The Bertz CT molecular complexity index is 686. The molecule has 1 aliphatic heterocycles. The lowest BCUT2D eigenvalue weighted by Gasteiger charge is -2.37. The van der Waals surface area contributed by atoms with Crippen molar-refractivity contribution in [3.63, 3.8) is 0 Å². The van der Waals surface area contributed by atoms with Crippen LogP contribution in [0.4, 0.5) is 5.69 Å². The van der Waals surface area contributed by atoms with Crippen LogP contribution in [0.15, 0.2) is 36.4 Å². The molecule has 0 unspecified atom stereocenters. The van der Waals surface area contributed by atoms with Crippen molar-refractivity contribution < 1.29 is 9.59 Å². The third-order valence-electron chi connectivity index (χ3n) is 6.28. The van der Waals surface area contributed by atoms with E-state index in [9.17, 15) is 9.59 Å². The smallest absolute Gasteiger partial charge is 0.238 e. The number of allylic oxidation sites excluding steroid dienone is 2. The molecule has 112 valence electrons. The predicted molar refractivity (Wildman–Crippen MR) is 83.0 cm³/mol. The molecule has 3 nitrogen and oxygen atoms in total. The first-order chi connectivity index (χ1) is 10.7. The molecule has 5 aliphatic rings. The Balaban J connectivity index is 1.60. The molecule has 1 saturated heterocycles. The fraction of sp³-hybridized carbons (Fsp3) is 0.474. The minimum atomic E-state index is -0.101. The van der Waals surface area contributed by atoms with Crippen LogP contribution in [-0.2, 0) is 16.0 Å². The lowest BCUT2D eigenvalue weighted by molar-refractivity contribution is -0.124. The first kappa shape index (κ1) is 12.6. The highest BCUT2D eigenvalue weighted by Gasteiger charge is 2.67. The number of amides is 2. The van der Waals surface area contributed by atoms with Crippen LogP contribution in [0.2, 0.25) is 0 Å². The van der Waals surface area contributed by atoms with Crippen molar-refractivity contribution in [3.8, 4) is 0 Å². The molecule has 2 bridgehead atoms. The van der Waals surface area contributed by atoms with Crippen LogP contribution in [-0.4, -0.2) is 11.8 Å². The van der Waals surface area contributed by atoms with Gasteiger partial charge in [-0.15, -0.1) is 0 Å². The topological polar surface area (TPSA) is 37.4 Å². The number of imide groups is 1. The van der Waals surface area contributed by atoms with E-state index in [1.54, 1.807) is 0 Å². The minimum Gasteiger partial charge on any atom is -0.274 e.